The zero-order chi connectivity index (χ0) is 29.7. The Morgan fingerprint density at radius 3 is 2.29 bits per heavy atom. The van der Waals surface area contributed by atoms with Crippen molar-refractivity contribution < 1.29 is 30.8 Å². The van der Waals surface area contributed by atoms with Crippen molar-refractivity contribution >= 4 is 21.3 Å². The van der Waals surface area contributed by atoms with Crippen molar-refractivity contribution in [1.29, 1.82) is 5.26 Å². The van der Waals surface area contributed by atoms with Gasteiger partial charge in [0, 0.05) is 61.0 Å². The largest absolute Gasteiger partial charge is 0.436 e. The minimum Gasteiger partial charge on any atom is -0.436 e. The van der Waals surface area contributed by atoms with Gasteiger partial charge in [-0.25, -0.2) is 26.6 Å². The number of carbonyl (C=O) groups excluding carboxylic acids is 1. The Morgan fingerprint density at radius 2 is 1.67 bits per heavy atom. The van der Waals surface area contributed by atoms with E-state index in [2.05, 4.69) is 6.07 Å². The summed E-state index contributed by atoms with van der Waals surface area (Å²) in [7, 11) is -3.04. The first kappa shape index (κ1) is 28.5. The molecule has 0 bridgehead atoms. The highest BCUT2D eigenvalue weighted by Gasteiger charge is 2.51. The summed E-state index contributed by atoms with van der Waals surface area (Å²) in [4.78, 5) is 20.2. The van der Waals surface area contributed by atoms with Crippen LogP contribution in [0.5, 0.6) is 0 Å². The molecule has 0 amide bonds. The Balaban J connectivity index is 1.37. The lowest BCUT2D eigenvalue weighted by molar-refractivity contribution is -0.132. The van der Waals surface area contributed by atoms with Gasteiger partial charge in [0.05, 0.1) is 28.7 Å². The Labute approximate surface area is 242 Å². The fraction of sp³-hybridized carbons (Fsp3) is 0.452. The molecule has 2 atom stereocenters. The summed E-state index contributed by atoms with van der Waals surface area (Å²) >= 11 is 0. The second kappa shape index (κ2) is 10.6. The zero-order valence-electron chi connectivity index (χ0n) is 22.9. The quantitative estimate of drug-likeness (QED) is 0.321. The number of hydrogen-bond donors (Lipinski definition) is 0. The van der Waals surface area contributed by atoms with Gasteiger partial charge >= 0.3 is 0 Å². The molecule has 0 N–H and O–H groups in total. The number of nitrogens with zero attached hydrogens (tertiary/aromatic N) is 3. The first-order valence-electron chi connectivity index (χ1n) is 14.1. The van der Waals surface area contributed by atoms with Crippen molar-refractivity contribution in [3.05, 3.63) is 60.0 Å². The lowest BCUT2D eigenvalue weighted by Gasteiger charge is -2.35. The molecule has 42 heavy (non-hydrogen) atoms. The monoisotopic (exact) mass is 597 g/mol. The van der Waals surface area contributed by atoms with E-state index in [1.54, 1.807) is 12.1 Å². The maximum atomic E-state index is 14.7. The van der Waals surface area contributed by atoms with Crippen LogP contribution >= 0.6 is 0 Å². The van der Waals surface area contributed by atoms with Crippen LogP contribution in [0.15, 0.2) is 52.9 Å². The SMILES string of the molecule is N#CC1(CC(=O)[C@@H]2CC(F)(F)CC[C@H]2c2nc(-c3ccc(F)cc3)oc2-c2ccc(N3CCS(=O)(=O)CC3)cc2)CC1. The maximum Gasteiger partial charge on any atom is 0.248 e. The van der Waals surface area contributed by atoms with Crippen LogP contribution < -0.4 is 4.90 Å². The van der Waals surface area contributed by atoms with E-state index in [4.69, 9.17) is 9.40 Å². The molecular weight excluding hydrogens is 567 g/mol. The molecule has 2 aromatic carbocycles. The van der Waals surface area contributed by atoms with Crippen LogP contribution in [0.25, 0.3) is 22.8 Å². The number of ketones is 1. The standard InChI is InChI=1S/C31H30F3N3O4S/c32-22-5-1-21(2-6-22)29-36-27(24-9-10-31(33,34)17-25(24)26(38)18-30(19-35)11-12-30)28(41-29)20-3-7-23(8-4-20)37-13-15-42(39,40)16-14-37/h1-8,24-25H,9-18H2/t24-,25-/m1/s1. The number of carbonyl (C=O) groups is 1. The molecule has 1 saturated heterocycles. The predicted octanol–water partition coefficient (Wildman–Crippen LogP) is 6.16. The van der Waals surface area contributed by atoms with E-state index >= 15 is 0 Å². The Kier molecular flexibility index (Phi) is 7.16. The number of benzene rings is 2. The maximum absolute atomic E-state index is 14.7. The highest BCUT2D eigenvalue weighted by atomic mass is 32.2. The van der Waals surface area contributed by atoms with Crippen LogP contribution in [0.2, 0.25) is 0 Å². The van der Waals surface area contributed by atoms with Crippen molar-refractivity contribution in [2.24, 2.45) is 11.3 Å². The predicted molar refractivity (Wildman–Crippen MR) is 150 cm³/mol. The molecule has 1 aliphatic heterocycles. The molecule has 2 heterocycles. The van der Waals surface area contributed by atoms with Gasteiger partial charge in [0.1, 0.15) is 11.6 Å². The molecule has 3 fully saturated rings. The van der Waals surface area contributed by atoms with Crippen molar-refractivity contribution in [1.82, 2.24) is 4.98 Å². The van der Waals surface area contributed by atoms with Gasteiger partial charge in [-0.2, -0.15) is 5.26 Å². The Morgan fingerprint density at radius 1 is 1.02 bits per heavy atom. The molecule has 0 spiro atoms. The van der Waals surface area contributed by atoms with Crippen LogP contribution in [-0.4, -0.2) is 49.7 Å². The summed E-state index contributed by atoms with van der Waals surface area (Å²) in [5.74, 6) is -4.78. The molecule has 1 aromatic heterocycles. The second-order valence-corrected chi connectivity index (χ2v) is 14.1. The van der Waals surface area contributed by atoms with Crippen molar-refractivity contribution in [2.45, 2.75) is 50.4 Å². The number of Topliss-reactive ketones (excluding diaryl/α,β-unsaturated/α-hetero) is 1. The molecule has 3 aliphatic rings. The highest BCUT2D eigenvalue weighted by Crippen LogP contribution is 2.53. The number of hydrogen-bond acceptors (Lipinski definition) is 7. The number of rotatable bonds is 7. The molecule has 3 aromatic rings. The van der Waals surface area contributed by atoms with E-state index in [0.717, 1.165) is 5.69 Å². The van der Waals surface area contributed by atoms with E-state index in [9.17, 15) is 31.6 Å². The van der Waals surface area contributed by atoms with Crippen LogP contribution in [0.3, 0.4) is 0 Å². The fourth-order valence-electron chi connectivity index (χ4n) is 6.04. The van der Waals surface area contributed by atoms with E-state index < -0.39 is 51.7 Å². The van der Waals surface area contributed by atoms with Gasteiger partial charge in [-0.05, 0) is 67.8 Å². The molecule has 0 radical (unpaired) electrons. The van der Waals surface area contributed by atoms with E-state index in [1.165, 1.54) is 24.3 Å². The zero-order valence-corrected chi connectivity index (χ0v) is 23.7. The summed E-state index contributed by atoms with van der Waals surface area (Å²) in [6, 6.07) is 15.1. The molecule has 6 rings (SSSR count). The number of aromatic nitrogens is 1. The second-order valence-electron chi connectivity index (χ2n) is 11.8. The average Bonchev–Trinajstić information content (AvgIpc) is 3.60. The molecular formula is C31H30F3N3O4S. The summed E-state index contributed by atoms with van der Waals surface area (Å²) < 4.78 is 73.0. The van der Waals surface area contributed by atoms with E-state index in [-0.39, 0.29) is 36.0 Å². The van der Waals surface area contributed by atoms with Gasteiger partial charge in [-0.3, -0.25) is 4.79 Å². The summed E-state index contributed by atoms with van der Waals surface area (Å²) in [6.07, 6.45) is 0.113. The van der Waals surface area contributed by atoms with Gasteiger partial charge in [0.2, 0.25) is 11.8 Å². The van der Waals surface area contributed by atoms with Crippen molar-refractivity contribution in [2.75, 3.05) is 29.5 Å². The molecule has 0 unspecified atom stereocenters. The number of anilines is 1. The molecule has 2 aliphatic carbocycles. The first-order chi connectivity index (χ1) is 20.0. The topological polar surface area (TPSA) is 104 Å². The van der Waals surface area contributed by atoms with Crippen molar-refractivity contribution in [3.8, 4) is 28.8 Å². The van der Waals surface area contributed by atoms with Crippen LogP contribution in [0.1, 0.15) is 50.1 Å². The highest BCUT2D eigenvalue weighted by molar-refractivity contribution is 7.91. The summed E-state index contributed by atoms with van der Waals surface area (Å²) in [6.45, 7) is 0.766. The fourth-order valence-corrected chi connectivity index (χ4v) is 7.24. The van der Waals surface area contributed by atoms with Gasteiger partial charge in [0.15, 0.2) is 15.6 Å². The van der Waals surface area contributed by atoms with Crippen LogP contribution in [0, 0.1) is 28.5 Å². The number of nitriles is 1. The lowest BCUT2D eigenvalue weighted by atomic mass is 9.71. The number of alkyl halides is 2. The normalized spacial score (nSPS) is 24.1. The van der Waals surface area contributed by atoms with Gasteiger partial charge in [0.25, 0.3) is 0 Å². The van der Waals surface area contributed by atoms with Gasteiger partial charge in [-0.1, -0.05) is 0 Å². The summed E-state index contributed by atoms with van der Waals surface area (Å²) in [5.41, 5.74) is 1.59. The minimum absolute atomic E-state index is 0.0195. The van der Waals surface area contributed by atoms with Gasteiger partial charge < -0.3 is 9.32 Å². The Bertz CT molecular complexity index is 1630. The third kappa shape index (κ3) is 5.82. The van der Waals surface area contributed by atoms with Crippen LogP contribution in [-0.2, 0) is 14.6 Å². The summed E-state index contributed by atoms with van der Waals surface area (Å²) in [5, 5.41) is 9.54. The average molecular weight is 598 g/mol. The number of sulfone groups is 1. The third-order valence-electron chi connectivity index (χ3n) is 8.78. The van der Waals surface area contributed by atoms with E-state index in [0.29, 0.717) is 48.5 Å². The minimum atomic E-state index is -3.04. The van der Waals surface area contributed by atoms with Crippen molar-refractivity contribution in [3.63, 3.8) is 0 Å². The Hall–Kier alpha value is -3.65. The molecule has 7 nitrogen and oxygen atoms in total. The molecule has 11 heteroatoms. The van der Waals surface area contributed by atoms with Crippen LogP contribution in [0.4, 0.5) is 18.9 Å². The molecule has 2 saturated carbocycles. The lowest BCUT2D eigenvalue weighted by Crippen LogP contribution is -2.40. The third-order valence-corrected chi connectivity index (χ3v) is 10.4. The van der Waals surface area contributed by atoms with E-state index in [1.807, 2.05) is 17.0 Å². The number of halogens is 3. The van der Waals surface area contributed by atoms with Gasteiger partial charge in [-0.15, -0.1) is 0 Å². The number of oxazole rings is 1. The smallest absolute Gasteiger partial charge is 0.248 e. The first-order valence-corrected chi connectivity index (χ1v) is 15.9. The molecule has 220 valence electrons.